The Bertz CT molecular complexity index is 916. The van der Waals surface area contributed by atoms with Crippen LogP contribution in [0.5, 0.6) is 5.75 Å². The van der Waals surface area contributed by atoms with Crippen molar-refractivity contribution in [3.63, 3.8) is 0 Å². The molecule has 0 aliphatic carbocycles. The topological polar surface area (TPSA) is 42.0 Å². The molecule has 5 rings (SSSR count). The van der Waals surface area contributed by atoms with Crippen molar-refractivity contribution >= 4 is 11.6 Å². The molecule has 29 heavy (non-hydrogen) atoms. The molecule has 1 amide bonds. The number of carbonyl (C=O) groups excluding carboxylic acids is 1. The number of nitrogens with zero attached hydrogens (tertiary/aromatic N) is 2. The van der Waals surface area contributed by atoms with Crippen LogP contribution in [0.1, 0.15) is 36.4 Å². The SMILES string of the molecule is COCc1cc([C@@H]2C[C@H]3CN(c4ccccc4)C(=O)[C@]34CCCN24)ccc1OC. The summed E-state index contributed by atoms with van der Waals surface area (Å²) in [5.74, 6) is 1.52. The quantitative estimate of drug-likeness (QED) is 0.777. The van der Waals surface area contributed by atoms with Crippen LogP contribution in [0.25, 0.3) is 0 Å². The lowest BCUT2D eigenvalue weighted by Gasteiger charge is -2.34. The Morgan fingerprint density at radius 1 is 1.14 bits per heavy atom. The monoisotopic (exact) mass is 392 g/mol. The Morgan fingerprint density at radius 2 is 1.97 bits per heavy atom. The van der Waals surface area contributed by atoms with Crippen molar-refractivity contribution in [2.75, 3.05) is 32.2 Å². The molecule has 3 atom stereocenters. The first-order valence-corrected chi connectivity index (χ1v) is 10.5. The third kappa shape index (κ3) is 2.71. The number of hydrogen-bond acceptors (Lipinski definition) is 4. The lowest BCUT2D eigenvalue weighted by molar-refractivity contribution is -0.126. The second kappa shape index (κ2) is 7.15. The number of ether oxygens (including phenoxy) is 2. The van der Waals surface area contributed by atoms with E-state index in [-0.39, 0.29) is 11.6 Å². The van der Waals surface area contributed by atoms with E-state index in [4.69, 9.17) is 9.47 Å². The number of para-hydroxylation sites is 1. The molecule has 3 heterocycles. The van der Waals surface area contributed by atoms with Gasteiger partial charge < -0.3 is 14.4 Å². The highest BCUT2D eigenvalue weighted by Crippen LogP contribution is 2.56. The Kier molecular flexibility index (Phi) is 4.60. The summed E-state index contributed by atoms with van der Waals surface area (Å²) < 4.78 is 10.9. The Hall–Kier alpha value is -2.37. The summed E-state index contributed by atoms with van der Waals surface area (Å²) in [6, 6.07) is 16.8. The van der Waals surface area contributed by atoms with E-state index < -0.39 is 0 Å². The Morgan fingerprint density at radius 3 is 2.72 bits per heavy atom. The van der Waals surface area contributed by atoms with Gasteiger partial charge in [0.05, 0.1) is 13.7 Å². The minimum atomic E-state index is -0.331. The molecule has 3 saturated heterocycles. The molecule has 0 bridgehead atoms. The molecule has 5 heteroatoms. The number of benzene rings is 2. The zero-order valence-electron chi connectivity index (χ0n) is 17.1. The molecule has 3 fully saturated rings. The molecule has 3 aliphatic heterocycles. The number of methoxy groups -OCH3 is 2. The van der Waals surface area contributed by atoms with E-state index in [1.54, 1.807) is 14.2 Å². The van der Waals surface area contributed by atoms with Crippen LogP contribution in [0.4, 0.5) is 5.69 Å². The highest BCUT2D eigenvalue weighted by molar-refractivity contribution is 6.03. The average molecular weight is 392 g/mol. The zero-order valence-corrected chi connectivity index (χ0v) is 17.1. The van der Waals surface area contributed by atoms with Gasteiger partial charge in [-0.1, -0.05) is 24.3 Å². The minimum absolute atomic E-state index is 0.283. The number of anilines is 1. The van der Waals surface area contributed by atoms with Crippen LogP contribution in [0, 0.1) is 5.92 Å². The van der Waals surface area contributed by atoms with Crippen LogP contribution >= 0.6 is 0 Å². The van der Waals surface area contributed by atoms with Crippen molar-refractivity contribution < 1.29 is 14.3 Å². The van der Waals surface area contributed by atoms with Gasteiger partial charge >= 0.3 is 0 Å². The maximum atomic E-state index is 13.7. The predicted octanol–water partition coefficient (Wildman–Crippen LogP) is 3.78. The molecular formula is C24H28N2O3. The fraction of sp³-hybridized carbons (Fsp3) is 0.458. The largest absolute Gasteiger partial charge is 0.496 e. The van der Waals surface area contributed by atoms with Crippen molar-refractivity contribution in [1.29, 1.82) is 0 Å². The second-order valence-electron chi connectivity index (χ2n) is 8.43. The van der Waals surface area contributed by atoms with E-state index in [9.17, 15) is 4.79 Å². The molecule has 3 aliphatic rings. The summed E-state index contributed by atoms with van der Waals surface area (Å²) >= 11 is 0. The zero-order chi connectivity index (χ0) is 20.0. The third-order valence-electron chi connectivity index (χ3n) is 7.10. The van der Waals surface area contributed by atoms with Gasteiger partial charge in [0.25, 0.3) is 0 Å². The van der Waals surface area contributed by atoms with Gasteiger partial charge in [0.1, 0.15) is 11.3 Å². The fourth-order valence-corrected chi connectivity index (χ4v) is 5.91. The standard InChI is InChI=1S/C24H28N2O3/c1-28-16-18-13-17(9-10-22(18)29-2)21-14-19-15-25(20-7-4-3-5-8-20)23(27)24(19)11-6-12-26(21)24/h3-5,7-10,13,19,21H,6,11-12,14-16H2,1-2H3/t19-,21-,24-/m0/s1. The highest BCUT2D eigenvalue weighted by atomic mass is 16.5. The summed E-state index contributed by atoms with van der Waals surface area (Å²) in [5.41, 5.74) is 3.03. The average Bonchev–Trinajstić information content (AvgIpc) is 3.39. The maximum absolute atomic E-state index is 13.7. The van der Waals surface area contributed by atoms with Gasteiger partial charge in [-0.2, -0.15) is 0 Å². The predicted molar refractivity (Wildman–Crippen MR) is 112 cm³/mol. The lowest BCUT2D eigenvalue weighted by atomic mass is 9.85. The maximum Gasteiger partial charge on any atom is 0.247 e. The van der Waals surface area contributed by atoms with E-state index in [0.29, 0.717) is 18.4 Å². The van der Waals surface area contributed by atoms with Crippen LogP contribution in [0.2, 0.25) is 0 Å². The van der Waals surface area contributed by atoms with Gasteiger partial charge in [-0.3, -0.25) is 9.69 Å². The van der Waals surface area contributed by atoms with Gasteiger partial charge in [0.2, 0.25) is 5.91 Å². The molecule has 0 unspecified atom stereocenters. The number of carbonyl (C=O) groups is 1. The first-order chi connectivity index (χ1) is 14.2. The van der Waals surface area contributed by atoms with E-state index in [1.165, 1.54) is 5.56 Å². The molecule has 1 spiro atoms. The third-order valence-corrected chi connectivity index (χ3v) is 7.10. The minimum Gasteiger partial charge on any atom is -0.496 e. The summed E-state index contributed by atoms with van der Waals surface area (Å²) in [5, 5.41) is 0. The summed E-state index contributed by atoms with van der Waals surface area (Å²) in [6.07, 6.45) is 3.08. The van der Waals surface area contributed by atoms with Crippen molar-refractivity contribution in [2.24, 2.45) is 5.92 Å². The van der Waals surface area contributed by atoms with Crippen molar-refractivity contribution in [2.45, 2.75) is 37.5 Å². The van der Waals surface area contributed by atoms with Crippen LogP contribution in [0.15, 0.2) is 48.5 Å². The summed E-state index contributed by atoms with van der Waals surface area (Å²) in [4.78, 5) is 18.2. The fourth-order valence-electron chi connectivity index (χ4n) is 5.91. The normalized spacial score (nSPS) is 28.6. The number of hydrogen-bond donors (Lipinski definition) is 0. The number of rotatable bonds is 5. The molecule has 5 nitrogen and oxygen atoms in total. The van der Waals surface area contributed by atoms with Crippen molar-refractivity contribution in [3.8, 4) is 5.75 Å². The van der Waals surface area contributed by atoms with E-state index in [2.05, 4.69) is 17.0 Å². The molecule has 0 radical (unpaired) electrons. The first kappa shape index (κ1) is 18.6. The van der Waals surface area contributed by atoms with Crippen LogP contribution in [-0.2, 0) is 16.1 Å². The van der Waals surface area contributed by atoms with Gasteiger partial charge in [0.15, 0.2) is 0 Å². The summed E-state index contributed by atoms with van der Waals surface area (Å²) in [7, 11) is 3.40. The van der Waals surface area contributed by atoms with E-state index in [1.807, 2.05) is 41.3 Å². The van der Waals surface area contributed by atoms with Crippen molar-refractivity contribution in [1.82, 2.24) is 4.90 Å². The van der Waals surface area contributed by atoms with Crippen LogP contribution < -0.4 is 9.64 Å². The summed E-state index contributed by atoms with van der Waals surface area (Å²) in [6.45, 7) is 2.33. The van der Waals surface area contributed by atoms with Gasteiger partial charge in [-0.25, -0.2) is 0 Å². The molecule has 2 aromatic rings. The first-order valence-electron chi connectivity index (χ1n) is 10.5. The highest BCUT2D eigenvalue weighted by Gasteiger charge is 2.65. The van der Waals surface area contributed by atoms with Crippen molar-refractivity contribution in [3.05, 3.63) is 59.7 Å². The van der Waals surface area contributed by atoms with E-state index >= 15 is 0 Å². The Labute approximate surface area is 172 Å². The van der Waals surface area contributed by atoms with Gasteiger partial charge in [-0.05, 0) is 55.6 Å². The Balaban J connectivity index is 1.48. The van der Waals surface area contributed by atoms with E-state index in [0.717, 1.165) is 49.4 Å². The lowest BCUT2D eigenvalue weighted by Crippen LogP contribution is -2.49. The molecular weight excluding hydrogens is 364 g/mol. The van der Waals surface area contributed by atoms with Gasteiger partial charge in [-0.15, -0.1) is 0 Å². The van der Waals surface area contributed by atoms with Crippen LogP contribution in [-0.4, -0.2) is 43.7 Å². The smallest absolute Gasteiger partial charge is 0.247 e. The molecule has 0 aromatic heterocycles. The molecule has 0 N–H and O–H groups in total. The van der Waals surface area contributed by atoms with Crippen LogP contribution in [0.3, 0.4) is 0 Å². The molecule has 0 saturated carbocycles. The van der Waals surface area contributed by atoms with Gasteiger partial charge in [0, 0.05) is 36.9 Å². The molecule has 152 valence electrons. The number of amides is 1. The molecule has 2 aromatic carbocycles. The second-order valence-corrected chi connectivity index (χ2v) is 8.43.